The monoisotopic (exact) mass is 631 g/mol. The molecule has 2 aromatic carbocycles. The van der Waals surface area contributed by atoms with Crippen LogP contribution < -0.4 is 0 Å². The van der Waals surface area contributed by atoms with E-state index in [1.165, 1.54) is 5.56 Å². The van der Waals surface area contributed by atoms with Crippen LogP contribution in [0.25, 0.3) is 38.9 Å². The van der Waals surface area contributed by atoms with Crippen LogP contribution >= 0.6 is 0 Å². The molecule has 0 radical (unpaired) electrons. The molecule has 1 atom stereocenters. The average Bonchev–Trinajstić information content (AvgIpc) is 3.76. The lowest BCUT2D eigenvalue weighted by atomic mass is 9.95. The zero-order valence-corrected chi connectivity index (χ0v) is 28.1. The molecule has 1 fully saturated rings. The summed E-state index contributed by atoms with van der Waals surface area (Å²) in [6.07, 6.45) is 4.58. The van der Waals surface area contributed by atoms with Crippen molar-refractivity contribution in [1.82, 2.24) is 44.1 Å². The summed E-state index contributed by atoms with van der Waals surface area (Å²) in [5.41, 5.74) is 8.68. The maximum Gasteiger partial charge on any atom is 0.181 e. The summed E-state index contributed by atoms with van der Waals surface area (Å²) in [4.78, 5) is 9.88. The molecule has 5 heterocycles. The van der Waals surface area contributed by atoms with Crippen LogP contribution in [0.15, 0.2) is 67.0 Å². The van der Waals surface area contributed by atoms with E-state index in [9.17, 15) is 5.11 Å². The van der Waals surface area contributed by atoms with Gasteiger partial charge in [-0.15, -0.1) is 0 Å². The summed E-state index contributed by atoms with van der Waals surface area (Å²) >= 11 is 0. The molecule has 0 aliphatic carbocycles. The minimum atomic E-state index is -0.645. The lowest BCUT2D eigenvalue weighted by molar-refractivity contribution is 0.151. The predicted molar refractivity (Wildman–Crippen MR) is 187 cm³/mol. The summed E-state index contributed by atoms with van der Waals surface area (Å²) in [6, 6.07) is 18.1. The predicted octanol–water partition coefficient (Wildman–Crippen LogP) is 5.75. The minimum Gasteiger partial charge on any atom is -0.386 e. The number of aliphatic hydroxyl groups is 1. The van der Waals surface area contributed by atoms with Gasteiger partial charge in [-0.2, -0.15) is 15.3 Å². The van der Waals surface area contributed by atoms with Crippen LogP contribution in [0.1, 0.15) is 54.8 Å². The van der Waals surface area contributed by atoms with Gasteiger partial charge in [-0.3, -0.25) is 9.36 Å². The first kappa shape index (κ1) is 31.2. The van der Waals surface area contributed by atoms with Crippen molar-refractivity contribution in [2.24, 2.45) is 0 Å². The van der Waals surface area contributed by atoms with E-state index < -0.39 is 6.10 Å². The fourth-order valence-corrected chi connectivity index (χ4v) is 6.93. The molecular weight excluding hydrogens is 586 g/mol. The Labute approximate surface area is 276 Å². The van der Waals surface area contributed by atoms with Crippen LogP contribution in [-0.4, -0.2) is 89.0 Å². The number of pyridine rings is 1. The Morgan fingerprint density at radius 1 is 0.851 bits per heavy atom. The highest BCUT2D eigenvalue weighted by atomic mass is 16.3. The van der Waals surface area contributed by atoms with Crippen molar-refractivity contribution in [2.45, 2.75) is 59.2 Å². The highest BCUT2D eigenvalue weighted by Crippen LogP contribution is 2.37. The van der Waals surface area contributed by atoms with E-state index in [0.717, 1.165) is 102 Å². The Morgan fingerprint density at radius 2 is 1.64 bits per heavy atom. The number of aliphatic hydroxyl groups excluding tert-OH is 1. The zero-order valence-electron chi connectivity index (χ0n) is 28.1. The lowest BCUT2D eigenvalue weighted by Crippen LogP contribution is -2.44. The number of fused-ring (bicyclic) bond motifs is 2. The number of aromatic nitrogens is 7. The molecule has 1 N–H and O–H groups in total. The molecule has 0 bridgehead atoms. The summed E-state index contributed by atoms with van der Waals surface area (Å²) in [6.45, 7) is 15.5. The molecule has 47 heavy (non-hydrogen) atoms. The van der Waals surface area contributed by atoms with Crippen molar-refractivity contribution in [2.75, 3.05) is 39.8 Å². The molecule has 0 unspecified atom stereocenters. The number of piperazine rings is 1. The first-order valence-corrected chi connectivity index (χ1v) is 16.8. The molecule has 1 aliphatic rings. The summed E-state index contributed by atoms with van der Waals surface area (Å²) in [5, 5.41) is 27.8. The normalized spacial score (nSPS) is 15.4. The second-order valence-corrected chi connectivity index (χ2v) is 13.3. The Bertz CT molecular complexity index is 2000. The molecule has 0 spiro atoms. The van der Waals surface area contributed by atoms with E-state index in [-0.39, 0.29) is 5.92 Å². The van der Waals surface area contributed by atoms with Crippen LogP contribution in [0, 0.1) is 13.8 Å². The second-order valence-electron chi connectivity index (χ2n) is 13.3. The van der Waals surface area contributed by atoms with Crippen molar-refractivity contribution < 1.29 is 5.11 Å². The Morgan fingerprint density at radius 3 is 2.40 bits per heavy atom. The number of rotatable bonds is 10. The number of aryl methyl sites for hydroxylation is 2. The number of likely N-dealkylation sites (N-methyl/N-ethyl adjacent to an activating group) is 1. The van der Waals surface area contributed by atoms with E-state index in [1.807, 2.05) is 64.9 Å². The number of nitrogens with zero attached hydrogens (tertiary/aromatic N) is 9. The first-order chi connectivity index (χ1) is 22.7. The smallest absolute Gasteiger partial charge is 0.181 e. The summed E-state index contributed by atoms with van der Waals surface area (Å²) < 4.78 is 5.94. The zero-order chi connectivity index (χ0) is 32.7. The molecular formula is C37H45N9O. The maximum absolute atomic E-state index is 10.9. The molecule has 7 rings (SSSR count). The minimum absolute atomic E-state index is 0.254. The third-order valence-electron chi connectivity index (χ3n) is 9.53. The van der Waals surface area contributed by atoms with Gasteiger partial charge in [0.05, 0.1) is 35.2 Å². The van der Waals surface area contributed by atoms with Gasteiger partial charge in [0.25, 0.3) is 0 Å². The molecule has 10 nitrogen and oxygen atoms in total. The van der Waals surface area contributed by atoms with Crippen molar-refractivity contribution in [1.29, 1.82) is 0 Å². The Hall–Kier alpha value is -4.38. The Balaban J connectivity index is 1.18. The van der Waals surface area contributed by atoms with Crippen LogP contribution in [0.2, 0.25) is 0 Å². The average molecular weight is 632 g/mol. The first-order valence-electron chi connectivity index (χ1n) is 16.8. The van der Waals surface area contributed by atoms with E-state index >= 15 is 0 Å². The quantitative estimate of drug-likeness (QED) is 0.206. The fourth-order valence-electron chi connectivity index (χ4n) is 6.93. The molecule has 0 amide bonds. The molecule has 0 saturated carbocycles. The second kappa shape index (κ2) is 13.0. The van der Waals surface area contributed by atoms with Gasteiger partial charge in [-0.05, 0) is 57.5 Å². The van der Waals surface area contributed by atoms with E-state index in [1.54, 1.807) is 0 Å². The standard InChI is InChI=1S/C37H45N9O/c1-25(2)35-27(4)46(33-21-29-22-44(41-37(29)38-26(33)3)16-10-15-43-19-17-42(5)18-20-43)40-36(35)30-13-9-14-32-31(30)23-45(39-32)24-34(47)28-11-7-6-8-12-28/h6-9,11-14,21-23,25,34,47H,10,15-20,24H2,1-5H3/t34-/m0/s1. The van der Waals surface area contributed by atoms with Crippen molar-refractivity contribution in [3.8, 4) is 16.9 Å². The molecule has 10 heteroatoms. The van der Waals surface area contributed by atoms with Crippen LogP contribution in [0.3, 0.4) is 0 Å². The van der Waals surface area contributed by atoms with Crippen LogP contribution in [-0.2, 0) is 13.1 Å². The third-order valence-corrected chi connectivity index (χ3v) is 9.53. The molecule has 6 aromatic rings. The van der Waals surface area contributed by atoms with Gasteiger partial charge in [-0.25, -0.2) is 9.67 Å². The SMILES string of the molecule is Cc1nc2nn(CCCN3CCN(C)CC3)cc2cc1-n1nc(-c2cccc3nn(C[C@H](O)c4ccccc4)cc23)c(C(C)C)c1C. The molecule has 1 saturated heterocycles. The third kappa shape index (κ3) is 6.33. The van der Waals surface area contributed by atoms with E-state index in [2.05, 4.69) is 60.6 Å². The molecule has 1 aliphatic heterocycles. The van der Waals surface area contributed by atoms with Gasteiger partial charge in [-0.1, -0.05) is 56.3 Å². The molecule has 244 valence electrons. The number of hydrogen-bond donors (Lipinski definition) is 1. The van der Waals surface area contributed by atoms with E-state index in [4.69, 9.17) is 20.3 Å². The van der Waals surface area contributed by atoms with Crippen LogP contribution in [0.4, 0.5) is 0 Å². The van der Waals surface area contributed by atoms with Crippen molar-refractivity contribution in [3.63, 3.8) is 0 Å². The van der Waals surface area contributed by atoms with E-state index in [0.29, 0.717) is 6.54 Å². The van der Waals surface area contributed by atoms with Gasteiger partial charge in [0.1, 0.15) is 0 Å². The van der Waals surface area contributed by atoms with Gasteiger partial charge >= 0.3 is 0 Å². The maximum atomic E-state index is 10.9. The fraction of sp³-hybridized carbons (Fsp3) is 0.405. The van der Waals surface area contributed by atoms with Gasteiger partial charge in [0.2, 0.25) is 0 Å². The highest BCUT2D eigenvalue weighted by molar-refractivity contribution is 5.94. The topological polar surface area (TPSA) is 93.1 Å². The van der Waals surface area contributed by atoms with Gasteiger partial charge in [0.15, 0.2) is 5.65 Å². The van der Waals surface area contributed by atoms with Gasteiger partial charge < -0.3 is 14.9 Å². The lowest BCUT2D eigenvalue weighted by Gasteiger charge is -2.32. The number of benzene rings is 2. The molecule has 4 aromatic heterocycles. The van der Waals surface area contributed by atoms with Gasteiger partial charge in [0, 0.05) is 72.7 Å². The number of hydrogen-bond acceptors (Lipinski definition) is 7. The Kier molecular flexibility index (Phi) is 8.65. The largest absolute Gasteiger partial charge is 0.386 e. The van der Waals surface area contributed by atoms with Crippen molar-refractivity contribution >= 4 is 21.9 Å². The highest BCUT2D eigenvalue weighted by Gasteiger charge is 2.24. The summed E-state index contributed by atoms with van der Waals surface area (Å²) in [7, 11) is 2.20. The van der Waals surface area contributed by atoms with Crippen molar-refractivity contribution in [3.05, 3.63) is 89.5 Å². The summed E-state index contributed by atoms with van der Waals surface area (Å²) in [5.74, 6) is 0.254. The van der Waals surface area contributed by atoms with Crippen LogP contribution in [0.5, 0.6) is 0 Å².